The maximum absolute atomic E-state index is 13.9. The fourth-order valence-corrected chi connectivity index (χ4v) is 5.19. The molecule has 0 amide bonds. The Labute approximate surface area is 208 Å². The number of hydrogen-bond acceptors (Lipinski definition) is 10. The lowest BCUT2D eigenvalue weighted by atomic mass is 9.92. The number of hydrogen-bond donors (Lipinski definition) is 3. The van der Waals surface area contributed by atoms with Gasteiger partial charge in [-0.25, -0.2) is 18.4 Å². The summed E-state index contributed by atoms with van der Waals surface area (Å²) in [5, 5.41) is 9.70. The number of aromatic nitrogens is 4. The minimum absolute atomic E-state index is 0.0235. The molecule has 0 radical (unpaired) electrons. The van der Waals surface area contributed by atoms with E-state index >= 15 is 0 Å². The first-order chi connectivity index (χ1) is 17.1. The van der Waals surface area contributed by atoms with E-state index in [1.165, 1.54) is 19.4 Å². The van der Waals surface area contributed by atoms with Crippen molar-refractivity contribution in [2.75, 3.05) is 37.0 Å². The normalized spacial score (nSPS) is 18.3. The Balaban J connectivity index is 1.86. The smallest absolute Gasteiger partial charge is 0.260 e. The summed E-state index contributed by atoms with van der Waals surface area (Å²) >= 11 is 0. The lowest BCUT2D eigenvalue weighted by Crippen LogP contribution is -2.32. The Morgan fingerprint density at radius 1 is 1.22 bits per heavy atom. The zero-order valence-electron chi connectivity index (χ0n) is 20.4. The number of aliphatic hydroxyl groups excluding tert-OH is 1. The van der Waals surface area contributed by atoms with Crippen molar-refractivity contribution in [2.45, 2.75) is 44.8 Å². The van der Waals surface area contributed by atoms with Crippen molar-refractivity contribution in [1.82, 2.24) is 19.5 Å². The molecule has 1 saturated carbocycles. The molecule has 1 aliphatic rings. The van der Waals surface area contributed by atoms with E-state index in [1.54, 1.807) is 17.6 Å². The fraction of sp³-hybridized carbons (Fsp3) is 0.478. The highest BCUT2D eigenvalue weighted by Crippen LogP contribution is 2.34. The van der Waals surface area contributed by atoms with Crippen molar-refractivity contribution >= 4 is 32.7 Å². The molecule has 0 bridgehead atoms. The van der Waals surface area contributed by atoms with Crippen LogP contribution in [0.4, 0.5) is 11.6 Å². The number of aryl methyl sites for hydroxylation is 1. The number of anilines is 2. The van der Waals surface area contributed by atoms with Crippen LogP contribution in [0.5, 0.6) is 5.88 Å². The second-order valence-corrected chi connectivity index (χ2v) is 10.6. The molecule has 1 fully saturated rings. The molecule has 3 heterocycles. The van der Waals surface area contributed by atoms with Gasteiger partial charge in [0.05, 0.1) is 38.4 Å². The SMILES string of the molecule is COc1ncc(-c2cc3c(C)nc(N)nc3n(C3CCC(OCCO)CC3)c2=O)cc1NS(C)(=O)=O. The molecular weight excluding hydrogens is 488 g/mol. The van der Waals surface area contributed by atoms with Crippen LogP contribution in [0.2, 0.25) is 0 Å². The molecule has 1 aliphatic carbocycles. The van der Waals surface area contributed by atoms with E-state index < -0.39 is 10.0 Å². The number of aliphatic hydroxyl groups is 1. The van der Waals surface area contributed by atoms with Gasteiger partial charge in [0.1, 0.15) is 11.3 Å². The third-order valence-corrected chi connectivity index (χ3v) is 6.79. The first-order valence-corrected chi connectivity index (χ1v) is 13.4. The average molecular weight is 519 g/mol. The van der Waals surface area contributed by atoms with Crippen LogP contribution in [0.1, 0.15) is 37.4 Å². The van der Waals surface area contributed by atoms with Crippen molar-refractivity contribution in [3.05, 3.63) is 34.4 Å². The van der Waals surface area contributed by atoms with Gasteiger partial charge in [-0.05, 0) is 44.7 Å². The van der Waals surface area contributed by atoms with Crippen LogP contribution in [0.15, 0.2) is 23.1 Å². The van der Waals surface area contributed by atoms with Gasteiger partial charge in [0.2, 0.25) is 21.9 Å². The van der Waals surface area contributed by atoms with Crippen molar-refractivity contribution < 1.29 is 23.0 Å². The van der Waals surface area contributed by atoms with E-state index in [-0.39, 0.29) is 48.4 Å². The van der Waals surface area contributed by atoms with Crippen molar-refractivity contribution in [1.29, 1.82) is 0 Å². The predicted molar refractivity (Wildman–Crippen MR) is 136 cm³/mol. The molecular formula is C23H30N6O6S. The lowest BCUT2D eigenvalue weighted by Gasteiger charge is -2.30. The molecule has 3 aromatic heterocycles. The Bertz CT molecular complexity index is 1430. The van der Waals surface area contributed by atoms with E-state index in [4.69, 9.17) is 20.3 Å². The highest BCUT2D eigenvalue weighted by Gasteiger charge is 2.27. The van der Waals surface area contributed by atoms with E-state index in [1.807, 2.05) is 0 Å². The average Bonchev–Trinajstić information content (AvgIpc) is 2.82. The Morgan fingerprint density at radius 2 is 1.94 bits per heavy atom. The number of sulfonamides is 1. The number of fused-ring (bicyclic) bond motifs is 1. The summed E-state index contributed by atoms with van der Waals surface area (Å²) < 4.78 is 38.7. The second kappa shape index (κ2) is 10.4. The van der Waals surface area contributed by atoms with E-state index in [2.05, 4.69) is 19.7 Å². The van der Waals surface area contributed by atoms with Gasteiger partial charge < -0.3 is 20.3 Å². The molecule has 0 aromatic carbocycles. The molecule has 12 nitrogen and oxygen atoms in total. The van der Waals surface area contributed by atoms with Crippen LogP contribution in [0.25, 0.3) is 22.2 Å². The van der Waals surface area contributed by atoms with E-state index in [0.717, 1.165) is 19.1 Å². The summed E-state index contributed by atoms with van der Waals surface area (Å²) in [5.41, 5.74) is 7.57. The molecule has 4 rings (SSSR count). The number of ether oxygens (including phenoxy) is 2. The Hall–Kier alpha value is -3.29. The highest BCUT2D eigenvalue weighted by molar-refractivity contribution is 7.92. The molecule has 3 aromatic rings. The standard InChI is InChI=1S/C23H30N6O6S/c1-13-17-11-18(14-10-19(28-36(3,32)33)21(34-2)25-12-14)22(31)29(20(17)27-23(24)26-13)15-4-6-16(7-5-15)35-9-8-30/h10-12,15-16,28,30H,4-9H2,1-3H3,(H2,24,26,27). The monoisotopic (exact) mass is 518 g/mol. The molecule has 0 aliphatic heterocycles. The minimum Gasteiger partial charge on any atom is -0.480 e. The van der Waals surface area contributed by atoms with E-state index in [9.17, 15) is 13.2 Å². The molecule has 0 spiro atoms. The van der Waals surface area contributed by atoms with Crippen LogP contribution < -0.4 is 20.8 Å². The van der Waals surface area contributed by atoms with Gasteiger partial charge >= 0.3 is 0 Å². The zero-order chi connectivity index (χ0) is 26.0. The van der Waals surface area contributed by atoms with Crippen LogP contribution in [-0.2, 0) is 14.8 Å². The molecule has 194 valence electrons. The summed E-state index contributed by atoms with van der Waals surface area (Å²) in [5.74, 6) is 0.158. The third-order valence-electron chi connectivity index (χ3n) is 6.20. The largest absolute Gasteiger partial charge is 0.480 e. The minimum atomic E-state index is -3.62. The predicted octanol–water partition coefficient (Wildman–Crippen LogP) is 1.62. The third kappa shape index (κ3) is 5.42. The molecule has 36 heavy (non-hydrogen) atoms. The van der Waals surface area contributed by atoms with Gasteiger partial charge in [-0.1, -0.05) is 0 Å². The molecule has 13 heteroatoms. The van der Waals surface area contributed by atoms with Gasteiger partial charge in [0.15, 0.2) is 0 Å². The quantitative estimate of drug-likeness (QED) is 0.398. The van der Waals surface area contributed by atoms with Crippen molar-refractivity contribution in [3.63, 3.8) is 0 Å². The Morgan fingerprint density at radius 3 is 2.58 bits per heavy atom. The number of nitrogens with two attached hydrogens (primary N) is 1. The van der Waals surface area contributed by atoms with Crippen LogP contribution >= 0.6 is 0 Å². The van der Waals surface area contributed by atoms with Gasteiger partial charge in [0.25, 0.3) is 5.56 Å². The first kappa shape index (κ1) is 25.8. The summed E-state index contributed by atoms with van der Waals surface area (Å²) in [4.78, 5) is 26.8. The van der Waals surface area contributed by atoms with Crippen molar-refractivity contribution in [2.24, 2.45) is 0 Å². The maximum Gasteiger partial charge on any atom is 0.260 e. The first-order valence-electron chi connectivity index (χ1n) is 11.5. The fourth-order valence-electron chi connectivity index (χ4n) is 4.64. The van der Waals surface area contributed by atoms with Crippen LogP contribution in [-0.4, -0.2) is 65.7 Å². The zero-order valence-corrected chi connectivity index (χ0v) is 21.2. The number of nitrogen functional groups attached to an aromatic ring is 1. The van der Waals surface area contributed by atoms with Crippen LogP contribution in [0, 0.1) is 6.92 Å². The molecule has 4 N–H and O–H groups in total. The number of nitrogens with one attached hydrogen (secondary N) is 1. The van der Waals surface area contributed by atoms with Gasteiger partial charge in [-0.3, -0.25) is 14.1 Å². The molecule has 0 saturated heterocycles. The Kier molecular flexibility index (Phi) is 7.43. The lowest BCUT2D eigenvalue weighted by molar-refractivity contribution is 0.00169. The second-order valence-electron chi connectivity index (χ2n) is 8.82. The number of methoxy groups -OCH3 is 1. The van der Waals surface area contributed by atoms with Crippen molar-refractivity contribution in [3.8, 4) is 17.0 Å². The summed E-state index contributed by atoms with van der Waals surface area (Å²) in [6.07, 6.45) is 5.33. The van der Waals surface area contributed by atoms with Gasteiger partial charge in [-0.2, -0.15) is 4.98 Å². The molecule has 0 unspecified atom stereocenters. The molecule has 0 atom stereocenters. The van der Waals surface area contributed by atoms with Gasteiger partial charge in [0, 0.05) is 28.8 Å². The highest BCUT2D eigenvalue weighted by atomic mass is 32.2. The van der Waals surface area contributed by atoms with Crippen LogP contribution in [0.3, 0.4) is 0 Å². The topological polar surface area (TPSA) is 172 Å². The van der Waals surface area contributed by atoms with E-state index in [0.29, 0.717) is 40.7 Å². The number of pyridine rings is 2. The number of nitrogens with zero attached hydrogens (tertiary/aromatic N) is 4. The number of rotatable bonds is 8. The summed E-state index contributed by atoms with van der Waals surface area (Å²) in [6, 6.07) is 3.06. The van der Waals surface area contributed by atoms with Gasteiger partial charge in [-0.15, -0.1) is 0 Å². The summed E-state index contributed by atoms with van der Waals surface area (Å²) in [6.45, 7) is 2.04. The summed E-state index contributed by atoms with van der Waals surface area (Å²) in [7, 11) is -2.24. The maximum atomic E-state index is 13.9.